The van der Waals surface area contributed by atoms with Crippen LogP contribution in [0.25, 0.3) is 44.8 Å². The van der Waals surface area contributed by atoms with Gasteiger partial charge in [0.05, 0.1) is 11.4 Å². The van der Waals surface area contributed by atoms with E-state index in [1.54, 1.807) is 12.4 Å². The third-order valence-electron chi connectivity index (χ3n) is 5.37. The largest absolute Gasteiger partial charge is 0.252 e. The monoisotopic (exact) mass is 540 g/mol. The molecule has 0 spiro atoms. The van der Waals surface area contributed by atoms with Crippen LogP contribution >= 0.6 is 31.9 Å². The van der Waals surface area contributed by atoms with Gasteiger partial charge in [-0.3, -0.25) is 9.97 Å². The number of hydrogen-bond acceptors (Lipinski definition) is 2. The average molecular weight is 542 g/mol. The Morgan fingerprint density at radius 2 is 0.594 bits per heavy atom. The van der Waals surface area contributed by atoms with Crippen molar-refractivity contribution in [1.82, 2.24) is 9.97 Å². The lowest BCUT2D eigenvalue weighted by molar-refractivity contribution is 1.21. The molecular weight excluding hydrogens is 524 g/mol. The van der Waals surface area contributed by atoms with Gasteiger partial charge in [0.25, 0.3) is 0 Å². The van der Waals surface area contributed by atoms with Crippen LogP contribution < -0.4 is 0 Å². The van der Waals surface area contributed by atoms with Gasteiger partial charge < -0.3 is 0 Å². The maximum Gasteiger partial charge on any atom is 0.0965 e. The van der Waals surface area contributed by atoms with Crippen LogP contribution in [0.15, 0.2) is 118 Å². The van der Waals surface area contributed by atoms with Crippen molar-refractivity contribution in [2.75, 3.05) is 0 Å². The van der Waals surface area contributed by atoms with Crippen molar-refractivity contribution in [2.24, 2.45) is 0 Å². The van der Waals surface area contributed by atoms with Crippen molar-refractivity contribution in [2.45, 2.75) is 0 Å². The number of aromatic nitrogens is 2. The van der Waals surface area contributed by atoms with Crippen LogP contribution in [0.1, 0.15) is 0 Å². The summed E-state index contributed by atoms with van der Waals surface area (Å²) in [5, 5.41) is 0. The van der Waals surface area contributed by atoms with Crippen molar-refractivity contribution in [3.63, 3.8) is 0 Å². The molecule has 2 nitrogen and oxygen atoms in total. The van der Waals surface area contributed by atoms with Crippen molar-refractivity contribution < 1.29 is 0 Å². The Labute approximate surface area is 204 Å². The first kappa shape index (κ1) is 20.8. The molecule has 0 saturated carbocycles. The molecular formula is C28H18Br2N2. The molecule has 0 N–H and O–H groups in total. The minimum absolute atomic E-state index is 0.881. The highest BCUT2D eigenvalue weighted by Crippen LogP contribution is 2.32. The zero-order chi connectivity index (χ0) is 21.9. The Balaban J connectivity index is 1.46. The lowest BCUT2D eigenvalue weighted by Crippen LogP contribution is -1.92. The molecule has 0 atom stereocenters. The molecule has 0 unspecified atom stereocenters. The van der Waals surface area contributed by atoms with E-state index in [1.807, 2.05) is 0 Å². The standard InChI is InChI=1S/C28H18Br2N2/c29-25-13-9-21(10-14-25)19-1-5-23(6-2-19)27-28(32-18-17-31-27)24-7-3-20(4-8-24)22-11-15-26(30)16-12-22/h1-18H. The first-order chi connectivity index (χ1) is 15.7. The molecule has 4 aromatic carbocycles. The fourth-order valence-corrected chi connectivity index (χ4v) is 4.21. The normalized spacial score (nSPS) is 10.8. The molecule has 154 valence electrons. The van der Waals surface area contributed by atoms with Gasteiger partial charge in [0.15, 0.2) is 0 Å². The SMILES string of the molecule is Brc1ccc(-c2ccc(-c3nccnc3-c3ccc(-c4ccc(Br)cc4)cc3)cc2)cc1. The zero-order valence-corrected chi connectivity index (χ0v) is 20.2. The Bertz CT molecular complexity index is 1240. The summed E-state index contributed by atoms with van der Waals surface area (Å²) in [4.78, 5) is 9.31. The van der Waals surface area contributed by atoms with Gasteiger partial charge in [-0.15, -0.1) is 0 Å². The maximum absolute atomic E-state index is 4.66. The second-order valence-corrected chi connectivity index (χ2v) is 9.25. The van der Waals surface area contributed by atoms with Crippen LogP contribution in [0, 0.1) is 0 Å². The summed E-state index contributed by atoms with van der Waals surface area (Å²) in [6, 6.07) is 33.7. The summed E-state index contributed by atoms with van der Waals surface area (Å²) in [6.45, 7) is 0. The van der Waals surface area contributed by atoms with E-state index in [0.29, 0.717) is 0 Å². The quantitative estimate of drug-likeness (QED) is 0.227. The van der Waals surface area contributed by atoms with Crippen molar-refractivity contribution in [1.29, 1.82) is 0 Å². The highest BCUT2D eigenvalue weighted by Gasteiger charge is 2.11. The van der Waals surface area contributed by atoms with Crippen molar-refractivity contribution in [3.05, 3.63) is 118 Å². The van der Waals surface area contributed by atoms with E-state index >= 15 is 0 Å². The third kappa shape index (κ3) is 4.43. The lowest BCUT2D eigenvalue weighted by Gasteiger charge is -2.10. The molecule has 0 radical (unpaired) electrons. The molecule has 0 fully saturated rings. The second-order valence-electron chi connectivity index (χ2n) is 7.42. The van der Waals surface area contributed by atoms with Gasteiger partial charge in [-0.05, 0) is 46.5 Å². The predicted octanol–water partition coefficient (Wildman–Crippen LogP) is 8.67. The van der Waals surface area contributed by atoms with E-state index in [4.69, 9.17) is 0 Å². The number of benzene rings is 4. The van der Waals surface area contributed by atoms with E-state index in [9.17, 15) is 0 Å². The van der Waals surface area contributed by atoms with Gasteiger partial charge >= 0.3 is 0 Å². The molecule has 0 saturated heterocycles. The van der Waals surface area contributed by atoms with Gasteiger partial charge in [-0.25, -0.2) is 0 Å². The highest BCUT2D eigenvalue weighted by molar-refractivity contribution is 9.10. The Hall–Kier alpha value is -3.08. The summed E-state index contributed by atoms with van der Waals surface area (Å²) in [7, 11) is 0. The topological polar surface area (TPSA) is 25.8 Å². The van der Waals surface area contributed by atoms with Crippen LogP contribution in [0.2, 0.25) is 0 Å². The average Bonchev–Trinajstić information content (AvgIpc) is 2.85. The van der Waals surface area contributed by atoms with Gasteiger partial charge in [0.1, 0.15) is 0 Å². The Morgan fingerprint density at radius 3 is 0.906 bits per heavy atom. The fourth-order valence-electron chi connectivity index (χ4n) is 3.69. The van der Waals surface area contributed by atoms with Crippen molar-refractivity contribution >= 4 is 31.9 Å². The van der Waals surface area contributed by atoms with E-state index in [2.05, 4.69) is 139 Å². The number of halogens is 2. The van der Waals surface area contributed by atoms with Gasteiger partial charge in [0.2, 0.25) is 0 Å². The van der Waals surface area contributed by atoms with Crippen LogP contribution in [-0.4, -0.2) is 9.97 Å². The molecule has 0 aliphatic heterocycles. The van der Waals surface area contributed by atoms with Crippen LogP contribution in [0.4, 0.5) is 0 Å². The van der Waals surface area contributed by atoms with E-state index in [-0.39, 0.29) is 0 Å². The lowest BCUT2D eigenvalue weighted by atomic mass is 9.98. The number of nitrogens with zero attached hydrogens (tertiary/aromatic N) is 2. The summed E-state index contributed by atoms with van der Waals surface area (Å²) < 4.78 is 2.15. The van der Waals surface area contributed by atoms with Crippen molar-refractivity contribution in [3.8, 4) is 44.8 Å². The molecule has 5 aromatic rings. The summed E-state index contributed by atoms with van der Waals surface area (Å²) in [5.41, 5.74) is 8.57. The third-order valence-corrected chi connectivity index (χ3v) is 6.43. The Kier molecular flexibility index (Phi) is 5.97. The smallest absolute Gasteiger partial charge is 0.0965 e. The summed E-state index contributed by atoms with van der Waals surface area (Å²) >= 11 is 6.99. The summed E-state index contributed by atoms with van der Waals surface area (Å²) in [5.74, 6) is 0. The molecule has 0 bridgehead atoms. The molecule has 1 heterocycles. The molecule has 0 amide bonds. The number of hydrogen-bond donors (Lipinski definition) is 0. The van der Waals surface area contributed by atoms with E-state index < -0.39 is 0 Å². The van der Waals surface area contributed by atoms with Crippen LogP contribution in [0.5, 0.6) is 0 Å². The first-order valence-electron chi connectivity index (χ1n) is 10.2. The van der Waals surface area contributed by atoms with Gasteiger partial charge in [0, 0.05) is 32.5 Å². The summed E-state index contributed by atoms with van der Waals surface area (Å²) in [6.07, 6.45) is 3.50. The van der Waals surface area contributed by atoms with E-state index in [0.717, 1.165) is 31.5 Å². The zero-order valence-electron chi connectivity index (χ0n) is 17.0. The fraction of sp³-hybridized carbons (Fsp3) is 0. The molecule has 4 heteroatoms. The molecule has 1 aromatic heterocycles. The van der Waals surface area contributed by atoms with Gasteiger partial charge in [-0.2, -0.15) is 0 Å². The molecule has 32 heavy (non-hydrogen) atoms. The van der Waals surface area contributed by atoms with E-state index in [1.165, 1.54) is 22.3 Å². The molecule has 5 rings (SSSR count). The molecule has 0 aliphatic rings. The highest BCUT2D eigenvalue weighted by atomic mass is 79.9. The maximum atomic E-state index is 4.66. The minimum atomic E-state index is 0.881. The van der Waals surface area contributed by atoms with Crippen LogP contribution in [-0.2, 0) is 0 Å². The van der Waals surface area contributed by atoms with Crippen LogP contribution in [0.3, 0.4) is 0 Å². The second kappa shape index (κ2) is 9.19. The Morgan fingerprint density at radius 1 is 0.344 bits per heavy atom. The van der Waals surface area contributed by atoms with Gasteiger partial charge in [-0.1, -0.05) is 105 Å². The number of rotatable bonds is 4. The first-order valence-corrected chi connectivity index (χ1v) is 11.8. The molecule has 0 aliphatic carbocycles. The minimum Gasteiger partial charge on any atom is -0.252 e. The predicted molar refractivity (Wildman–Crippen MR) is 139 cm³/mol.